The number of rotatable bonds is 4. The molecule has 1 saturated heterocycles. The lowest BCUT2D eigenvalue weighted by atomic mass is 9.97. The second-order valence-corrected chi connectivity index (χ2v) is 5.03. The summed E-state index contributed by atoms with van der Waals surface area (Å²) in [5.74, 6) is 1.57. The molecule has 0 aromatic carbocycles. The molecule has 0 unspecified atom stereocenters. The largest absolute Gasteiger partial charge is 0.420 e. The Labute approximate surface area is 117 Å². The third-order valence-corrected chi connectivity index (χ3v) is 3.70. The normalized spacial score (nSPS) is 17.4. The molecule has 1 aliphatic rings. The number of hydrogen-bond donors (Lipinski definition) is 1. The Kier molecular flexibility index (Phi) is 4.03. The molecule has 2 aromatic rings. The van der Waals surface area contributed by atoms with Crippen molar-refractivity contribution in [3.8, 4) is 11.5 Å². The molecule has 0 aliphatic carbocycles. The van der Waals surface area contributed by atoms with Crippen molar-refractivity contribution < 1.29 is 9.52 Å². The molecule has 6 heteroatoms. The number of aliphatic hydroxyl groups is 1. The molecule has 1 fully saturated rings. The maximum absolute atomic E-state index is 8.94. The summed E-state index contributed by atoms with van der Waals surface area (Å²) in [6.45, 7) is 2.90. The van der Waals surface area contributed by atoms with E-state index < -0.39 is 0 Å². The Bertz CT molecular complexity index is 535. The molecule has 0 saturated carbocycles. The zero-order valence-corrected chi connectivity index (χ0v) is 11.3. The second kappa shape index (κ2) is 6.11. The molecule has 1 aliphatic heterocycles. The highest BCUT2D eigenvalue weighted by atomic mass is 16.4. The Balaban J connectivity index is 1.66. The van der Waals surface area contributed by atoms with E-state index >= 15 is 0 Å². The summed E-state index contributed by atoms with van der Waals surface area (Å²) in [5.41, 5.74) is 0.851. The highest BCUT2D eigenvalue weighted by molar-refractivity contribution is 5.49. The summed E-state index contributed by atoms with van der Waals surface area (Å²) in [4.78, 5) is 6.31. The van der Waals surface area contributed by atoms with Crippen molar-refractivity contribution in [1.29, 1.82) is 0 Å². The number of aromatic nitrogens is 3. The van der Waals surface area contributed by atoms with Crippen molar-refractivity contribution in [2.45, 2.75) is 18.8 Å². The van der Waals surface area contributed by atoms with Crippen molar-refractivity contribution in [2.24, 2.45) is 0 Å². The van der Waals surface area contributed by atoms with E-state index in [1.165, 1.54) is 0 Å². The van der Waals surface area contributed by atoms with E-state index in [0.717, 1.165) is 38.0 Å². The number of β-amino-alcohol motifs (C(OH)–C–C–N with tert-alkyl or cyclic N) is 1. The molecule has 0 spiro atoms. The Morgan fingerprint density at radius 2 is 2.15 bits per heavy atom. The van der Waals surface area contributed by atoms with Crippen LogP contribution in [0.15, 0.2) is 28.9 Å². The highest BCUT2D eigenvalue weighted by Crippen LogP contribution is 2.28. The van der Waals surface area contributed by atoms with Gasteiger partial charge in [-0.15, -0.1) is 10.2 Å². The molecular weight excluding hydrogens is 256 g/mol. The van der Waals surface area contributed by atoms with Crippen LogP contribution in [-0.2, 0) is 0 Å². The standard InChI is InChI=1S/C14H18N4O2/c19-9-8-18-6-3-11(4-7-18)13-16-17-14(20-13)12-2-1-5-15-10-12/h1-2,5,10-11,19H,3-4,6-9H2. The van der Waals surface area contributed by atoms with E-state index in [2.05, 4.69) is 20.1 Å². The summed E-state index contributed by atoms with van der Waals surface area (Å²) >= 11 is 0. The van der Waals surface area contributed by atoms with Crippen molar-refractivity contribution >= 4 is 0 Å². The minimum absolute atomic E-state index is 0.219. The van der Waals surface area contributed by atoms with Crippen LogP contribution in [0.1, 0.15) is 24.7 Å². The van der Waals surface area contributed by atoms with Crippen LogP contribution in [0.3, 0.4) is 0 Å². The van der Waals surface area contributed by atoms with Crippen LogP contribution in [0.2, 0.25) is 0 Å². The first-order valence-electron chi connectivity index (χ1n) is 6.94. The number of pyridine rings is 1. The Morgan fingerprint density at radius 3 is 2.85 bits per heavy atom. The van der Waals surface area contributed by atoms with Crippen LogP contribution in [0.25, 0.3) is 11.5 Å². The summed E-state index contributed by atoms with van der Waals surface area (Å²) in [6, 6.07) is 3.76. The topological polar surface area (TPSA) is 75.3 Å². The van der Waals surface area contributed by atoms with Gasteiger partial charge in [-0.1, -0.05) is 0 Å². The van der Waals surface area contributed by atoms with Gasteiger partial charge < -0.3 is 14.4 Å². The smallest absolute Gasteiger partial charge is 0.249 e. The number of likely N-dealkylation sites (tertiary alicyclic amines) is 1. The summed E-state index contributed by atoms with van der Waals surface area (Å²) in [5, 5.41) is 17.2. The minimum atomic E-state index is 0.219. The van der Waals surface area contributed by atoms with Gasteiger partial charge in [-0.3, -0.25) is 4.98 Å². The number of aliphatic hydroxyl groups excluding tert-OH is 1. The van der Waals surface area contributed by atoms with Crippen LogP contribution in [0.4, 0.5) is 0 Å². The van der Waals surface area contributed by atoms with Gasteiger partial charge in [0.05, 0.1) is 12.2 Å². The maximum atomic E-state index is 8.94. The molecule has 0 bridgehead atoms. The number of hydrogen-bond acceptors (Lipinski definition) is 6. The first kappa shape index (κ1) is 13.2. The molecule has 3 heterocycles. The van der Waals surface area contributed by atoms with Crippen molar-refractivity contribution in [3.63, 3.8) is 0 Å². The number of piperidine rings is 1. The van der Waals surface area contributed by atoms with Crippen molar-refractivity contribution in [3.05, 3.63) is 30.4 Å². The predicted molar refractivity (Wildman–Crippen MR) is 73.0 cm³/mol. The highest BCUT2D eigenvalue weighted by Gasteiger charge is 2.24. The fraction of sp³-hybridized carbons (Fsp3) is 0.500. The molecule has 2 aromatic heterocycles. The second-order valence-electron chi connectivity index (χ2n) is 5.03. The zero-order valence-electron chi connectivity index (χ0n) is 11.3. The lowest BCUT2D eigenvalue weighted by molar-refractivity contribution is 0.158. The van der Waals surface area contributed by atoms with E-state index in [4.69, 9.17) is 9.52 Å². The third-order valence-electron chi connectivity index (χ3n) is 3.70. The van der Waals surface area contributed by atoms with E-state index in [1.807, 2.05) is 12.1 Å². The molecule has 6 nitrogen and oxygen atoms in total. The lowest BCUT2D eigenvalue weighted by Gasteiger charge is -2.29. The molecule has 0 radical (unpaired) electrons. The number of nitrogens with zero attached hydrogens (tertiary/aromatic N) is 4. The monoisotopic (exact) mass is 274 g/mol. The van der Waals surface area contributed by atoms with Crippen LogP contribution in [-0.4, -0.2) is 51.4 Å². The fourth-order valence-corrected chi connectivity index (χ4v) is 2.55. The quantitative estimate of drug-likeness (QED) is 0.905. The van der Waals surface area contributed by atoms with E-state index in [-0.39, 0.29) is 6.61 Å². The molecule has 1 N–H and O–H groups in total. The van der Waals surface area contributed by atoms with Gasteiger partial charge >= 0.3 is 0 Å². The van der Waals surface area contributed by atoms with Gasteiger partial charge in [-0.25, -0.2) is 0 Å². The van der Waals surface area contributed by atoms with Crippen LogP contribution in [0.5, 0.6) is 0 Å². The van der Waals surface area contributed by atoms with Crippen molar-refractivity contribution in [2.75, 3.05) is 26.2 Å². The average molecular weight is 274 g/mol. The zero-order chi connectivity index (χ0) is 13.8. The summed E-state index contributed by atoms with van der Waals surface area (Å²) in [6.07, 6.45) is 5.43. The maximum Gasteiger partial charge on any atom is 0.249 e. The first-order chi connectivity index (χ1) is 9.86. The van der Waals surface area contributed by atoms with Gasteiger partial charge in [0.2, 0.25) is 11.8 Å². The summed E-state index contributed by atoms with van der Waals surface area (Å²) < 4.78 is 5.77. The van der Waals surface area contributed by atoms with Gasteiger partial charge in [0.1, 0.15) is 0 Å². The Morgan fingerprint density at radius 1 is 1.30 bits per heavy atom. The fourth-order valence-electron chi connectivity index (χ4n) is 2.55. The predicted octanol–water partition coefficient (Wildman–Crippen LogP) is 1.30. The van der Waals surface area contributed by atoms with Gasteiger partial charge in [0.15, 0.2) is 0 Å². The molecular formula is C14H18N4O2. The van der Waals surface area contributed by atoms with Crippen LogP contribution < -0.4 is 0 Å². The average Bonchev–Trinajstić information content (AvgIpc) is 2.99. The summed E-state index contributed by atoms with van der Waals surface area (Å²) in [7, 11) is 0. The SMILES string of the molecule is OCCN1CCC(c2nnc(-c3cccnc3)o2)CC1. The minimum Gasteiger partial charge on any atom is -0.420 e. The molecule has 106 valence electrons. The van der Waals surface area contributed by atoms with Gasteiger partial charge in [0.25, 0.3) is 0 Å². The van der Waals surface area contributed by atoms with Crippen LogP contribution >= 0.6 is 0 Å². The van der Waals surface area contributed by atoms with Gasteiger partial charge in [-0.05, 0) is 38.1 Å². The van der Waals surface area contributed by atoms with E-state index in [0.29, 0.717) is 17.7 Å². The molecule has 0 amide bonds. The van der Waals surface area contributed by atoms with E-state index in [1.54, 1.807) is 12.4 Å². The van der Waals surface area contributed by atoms with E-state index in [9.17, 15) is 0 Å². The third kappa shape index (κ3) is 2.86. The van der Waals surface area contributed by atoms with Gasteiger partial charge in [-0.2, -0.15) is 0 Å². The molecule has 0 atom stereocenters. The van der Waals surface area contributed by atoms with Gasteiger partial charge in [0, 0.05) is 24.9 Å². The van der Waals surface area contributed by atoms with Crippen molar-refractivity contribution in [1.82, 2.24) is 20.1 Å². The Hall–Kier alpha value is -1.79. The molecule has 20 heavy (non-hydrogen) atoms. The van der Waals surface area contributed by atoms with Crippen LogP contribution in [0, 0.1) is 0 Å². The lowest BCUT2D eigenvalue weighted by Crippen LogP contribution is -2.35. The first-order valence-corrected chi connectivity index (χ1v) is 6.94. The molecule has 3 rings (SSSR count).